The number of Topliss-reactive ketones (excluding diaryl/α,β-unsaturated/α-hetero) is 1. The van der Waals surface area contributed by atoms with Crippen LogP contribution in [0.3, 0.4) is 0 Å². The number of aliphatic imine (C=N–C) groups is 1. The van der Waals surface area contributed by atoms with E-state index < -0.39 is 11.8 Å². The van der Waals surface area contributed by atoms with Gasteiger partial charge in [0.25, 0.3) is 0 Å². The number of hydrogen-bond acceptors (Lipinski definition) is 5. The number of ether oxygens (including phenoxy) is 1. The number of allylic oxidation sites excluding steroid dienone is 2. The molecule has 1 heterocycles. The first kappa shape index (κ1) is 26.9. The van der Waals surface area contributed by atoms with Crippen LogP contribution in [0, 0.1) is 5.92 Å². The molecule has 0 spiro atoms. The highest BCUT2D eigenvalue weighted by Gasteiger charge is 2.44. The minimum absolute atomic E-state index is 0.0243. The molecule has 1 unspecified atom stereocenters. The summed E-state index contributed by atoms with van der Waals surface area (Å²) in [7, 11) is 3.98. The van der Waals surface area contributed by atoms with Crippen LogP contribution in [-0.4, -0.2) is 38.2 Å². The van der Waals surface area contributed by atoms with Gasteiger partial charge in [-0.15, -0.1) is 0 Å². The Morgan fingerprint density at radius 1 is 0.949 bits per heavy atom. The van der Waals surface area contributed by atoms with E-state index in [4.69, 9.17) is 21.3 Å². The summed E-state index contributed by atoms with van der Waals surface area (Å²) in [6.07, 6.45) is 1.65. The Bertz CT molecular complexity index is 1410. The molecule has 0 saturated carbocycles. The summed E-state index contributed by atoms with van der Waals surface area (Å²) in [5, 5.41) is 0.669. The van der Waals surface area contributed by atoms with Gasteiger partial charge in [0.15, 0.2) is 5.78 Å². The maximum absolute atomic E-state index is 13.8. The van der Waals surface area contributed by atoms with E-state index in [1.165, 1.54) is 0 Å². The predicted molar refractivity (Wildman–Crippen MR) is 157 cm³/mol. The van der Waals surface area contributed by atoms with Gasteiger partial charge in [-0.3, -0.25) is 14.6 Å². The molecular formula is C33H33ClN2O3. The van der Waals surface area contributed by atoms with Crippen LogP contribution in [0.25, 0.3) is 0 Å². The maximum Gasteiger partial charge on any atom is 0.315 e. The van der Waals surface area contributed by atoms with Crippen LogP contribution in [0.15, 0.2) is 95.1 Å². The molecule has 39 heavy (non-hydrogen) atoms. The molecule has 0 aromatic heterocycles. The Kier molecular flexibility index (Phi) is 7.99. The van der Waals surface area contributed by atoms with E-state index in [-0.39, 0.29) is 24.3 Å². The second kappa shape index (κ2) is 11.6. The highest BCUT2D eigenvalue weighted by molar-refractivity contribution is 6.30. The first-order chi connectivity index (χ1) is 18.8. The lowest BCUT2D eigenvalue weighted by atomic mass is 9.69. The molecule has 2 aliphatic rings. The monoisotopic (exact) mass is 540 g/mol. The average molecular weight is 541 g/mol. The van der Waals surface area contributed by atoms with E-state index in [2.05, 4.69) is 0 Å². The molecule has 0 radical (unpaired) electrons. The molecule has 0 bridgehead atoms. The predicted octanol–water partition coefficient (Wildman–Crippen LogP) is 6.77. The summed E-state index contributed by atoms with van der Waals surface area (Å²) in [5.41, 5.74) is 6.26. The molecule has 6 heteroatoms. The van der Waals surface area contributed by atoms with Gasteiger partial charge < -0.3 is 9.64 Å². The van der Waals surface area contributed by atoms with Gasteiger partial charge in [-0.25, -0.2) is 0 Å². The molecular weight excluding hydrogens is 508 g/mol. The molecule has 3 atom stereocenters. The third-order valence-corrected chi connectivity index (χ3v) is 7.98. The van der Waals surface area contributed by atoms with Gasteiger partial charge in [-0.1, -0.05) is 66.2 Å². The van der Waals surface area contributed by atoms with Crippen LogP contribution in [0.4, 0.5) is 5.69 Å². The molecule has 1 aliphatic carbocycles. The normalized spacial score (nSPS) is 20.8. The zero-order valence-corrected chi connectivity index (χ0v) is 23.3. The maximum atomic E-state index is 13.8. The van der Waals surface area contributed by atoms with Crippen LogP contribution in [0.2, 0.25) is 5.02 Å². The number of esters is 1. The zero-order valence-electron chi connectivity index (χ0n) is 22.6. The summed E-state index contributed by atoms with van der Waals surface area (Å²) in [4.78, 5) is 34.3. The SMILES string of the molecule is CC1=NC2=C(C(=O)C[C@H](c3ccc(Cl)cc3)C2)[C@H](c2ccc(N(C)C)cc2)C1C(=O)OCCc1ccccc1. The van der Waals surface area contributed by atoms with Gasteiger partial charge in [0.05, 0.1) is 6.61 Å². The van der Waals surface area contributed by atoms with E-state index in [0.29, 0.717) is 35.6 Å². The number of ketones is 1. The van der Waals surface area contributed by atoms with Crippen molar-refractivity contribution in [2.24, 2.45) is 10.9 Å². The van der Waals surface area contributed by atoms with Gasteiger partial charge in [0.2, 0.25) is 0 Å². The third-order valence-electron chi connectivity index (χ3n) is 7.73. The second-order valence-electron chi connectivity index (χ2n) is 10.5. The fourth-order valence-electron chi connectivity index (χ4n) is 5.68. The fourth-order valence-corrected chi connectivity index (χ4v) is 5.81. The van der Waals surface area contributed by atoms with Crippen molar-refractivity contribution in [1.29, 1.82) is 0 Å². The highest BCUT2D eigenvalue weighted by Crippen LogP contribution is 2.47. The lowest BCUT2D eigenvalue weighted by Gasteiger charge is -2.36. The van der Waals surface area contributed by atoms with Crippen molar-refractivity contribution in [3.05, 3.63) is 112 Å². The smallest absolute Gasteiger partial charge is 0.315 e. The molecule has 3 aromatic rings. The van der Waals surface area contributed by atoms with Gasteiger partial charge in [-0.05, 0) is 60.2 Å². The van der Waals surface area contributed by atoms with E-state index in [0.717, 1.165) is 28.1 Å². The number of hydrogen-bond donors (Lipinski definition) is 0. The standard InChI is InChI=1S/C33H33ClN2O3/c1-21-30(33(38)39-18-17-22-7-5-4-6-8-22)31(24-11-15-27(16-12-24)36(2)3)32-28(35-21)19-25(20-29(32)37)23-9-13-26(34)14-10-23/h4-16,25,30-31H,17-20H2,1-3H3/t25-,30?,31-/m1/s1. The highest BCUT2D eigenvalue weighted by atomic mass is 35.5. The number of nitrogens with zero attached hydrogens (tertiary/aromatic N) is 2. The van der Waals surface area contributed by atoms with Crippen molar-refractivity contribution in [3.63, 3.8) is 0 Å². The fraction of sp³-hybridized carbons (Fsp3) is 0.303. The number of benzene rings is 3. The second-order valence-corrected chi connectivity index (χ2v) is 11.0. The van der Waals surface area contributed by atoms with Gasteiger partial charge in [0, 0.05) is 60.5 Å². The van der Waals surface area contributed by atoms with E-state index in [1.54, 1.807) is 0 Å². The summed E-state index contributed by atoms with van der Waals surface area (Å²) < 4.78 is 5.81. The van der Waals surface area contributed by atoms with E-state index in [9.17, 15) is 9.59 Å². The lowest BCUT2D eigenvalue weighted by molar-refractivity contribution is -0.146. The van der Waals surface area contributed by atoms with Crippen LogP contribution >= 0.6 is 11.6 Å². The van der Waals surface area contributed by atoms with Gasteiger partial charge in [0.1, 0.15) is 5.92 Å². The van der Waals surface area contributed by atoms with E-state index in [1.807, 2.05) is 105 Å². The minimum atomic E-state index is -0.652. The Hall–Kier alpha value is -3.70. The molecule has 3 aromatic carbocycles. The van der Waals surface area contributed by atoms with Gasteiger partial charge in [-0.2, -0.15) is 0 Å². The number of carbonyl (C=O) groups is 2. The molecule has 0 saturated heterocycles. The number of rotatable bonds is 7. The number of carbonyl (C=O) groups excluding carboxylic acids is 2. The van der Waals surface area contributed by atoms with Crippen LogP contribution < -0.4 is 4.90 Å². The molecule has 200 valence electrons. The summed E-state index contributed by atoms with van der Waals surface area (Å²) in [6.45, 7) is 2.15. The summed E-state index contributed by atoms with van der Waals surface area (Å²) in [5.74, 6) is -1.36. The van der Waals surface area contributed by atoms with Crippen molar-refractivity contribution in [2.45, 2.75) is 38.0 Å². The average Bonchev–Trinajstić information content (AvgIpc) is 2.93. The van der Waals surface area contributed by atoms with Crippen LogP contribution in [-0.2, 0) is 20.7 Å². The Morgan fingerprint density at radius 2 is 1.62 bits per heavy atom. The first-order valence-electron chi connectivity index (χ1n) is 13.4. The summed E-state index contributed by atoms with van der Waals surface area (Å²) in [6, 6.07) is 25.7. The minimum Gasteiger partial charge on any atom is -0.465 e. The molecule has 1 aliphatic heterocycles. The van der Waals surface area contributed by atoms with Crippen molar-refractivity contribution in [2.75, 3.05) is 25.6 Å². The molecule has 5 rings (SSSR count). The van der Waals surface area contributed by atoms with Crippen molar-refractivity contribution in [1.82, 2.24) is 0 Å². The van der Waals surface area contributed by atoms with E-state index >= 15 is 0 Å². The zero-order chi connectivity index (χ0) is 27.5. The third kappa shape index (κ3) is 5.84. The summed E-state index contributed by atoms with van der Waals surface area (Å²) >= 11 is 6.10. The molecule has 0 N–H and O–H groups in total. The Balaban J connectivity index is 1.47. The molecule has 0 amide bonds. The Labute approximate surface area is 235 Å². The molecule has 0 fully saturated rings. The van der Waals surface area contributed by atoms with Crippen molar-refractivity contribution in [3.8, 4) is 0 Å². The lowest BCUT2D eigenvalue weighted by Crippen LogP contribution is -2.38. The van der Waals surface area contributed by atoms with Crippen molar-refractivity contribution < 1.29 is 14.3 Å². The van der Waals surface area contributed by atoms with Gasteiger partial charge >= 0.3 is 5.97 Å². The topological polar surface area (TPSA) is 59.0 Å². The first-order valence-corrected chi connectivity index (χ1v) is 13.7. The van der Waals surface area contributed by atoms with Crippen LogP contribution in [0.5, 0.6) is 0 Å². The number of anilines is 1. The molecule has 5 nitrogen and oxygen atoms in total. The van der Waals surface area contributed by atoms with Crippen LogP contribution in [0.1, 0.15) is 48.3 Å². The van der Waals surface area contributed by atoms with Crippen molar-refractivity contribution >= 4 is 34.8 Å². The number of halogens is 1. The Morgan fingerprint density at radius 3 is 2.28 bits per heavy atom. The quantitative estimate of drug-likeness (QED) is 0.310. The largest absolute Gasteiger partial charge is 0.465 e.